The SMILES string of the molecule is CCCCS(=O)CCC(=O)Nc1ccc(F)cc1N. The van der Waals surface area contributed by atoms with E-state index in [1.54, 1.807) is 0 Å². The Hall–Kier alpha value is -1.43. The number of hydrogen-bond donors (Lipinski definition) is 2. The summed E-state index contributed by atoms with van der Waals surface area (Å²) in [7, 11) is -0.960. The van der Waals surface area contributed by atoms with Crippen molar-refractivity contribution in [3.8, 4) is 0 Å². The number of unbranched alkanes of at least 4 members (excludes halogenated alkanes) is 1. The minimum absolute atomic E-state index is 0.174. The molecule has 0 radical (unpaired) electrons. The summed E-state index contributed by atoms with van der Waals surface area (Å²) in [5, 5.41) is 2.58. The van der Waals surface area contributed by atoms with Gasteiger partial charge in [-0.3, -0.25) is 9.00 Å². The van der Waals surface area contributed by atoms with Gasteiger partial charge in [-0.05, 0) is 24.6 Å². The van der Waals surface area contributed by atoms with Crippen LogP contribution in [0, 0.1) is 5.82 Å². The molecule has 6 heteroatoms. The van der Waals surface area contributed by atoms with Crippen LogP contribution >= 0.6 is 0 Å². The fourth-order valence-electron chi connectivity index (χ4n) is 1.47. The molecule has 1 aromatic carbocycles. The molecule has 106 valence electrons. The zero-order valence-electron chi connectivity index (χ0n) is 10.9. The molecular formula is C13H19FN2O2S. The average Bonchev–Trinajstić information content (AvgIpc) is 2.37. The van der Waals surface area contributed by atoms with E-state index >= 15 is 0 Å². The lowest BCUT2D eigenvalue weighted by atomic mass is 10.2. The summed E-state index contributed by atoms with van der Waals surface area (Å²) in [6, 6.07) is 3.79. The van der Waals surface area contributed by atoms with Crippen LogP contribution in [0.3, 0.4) is 0 Å². The first-order valence-corrected chi connectivity index (χ1v) is 7.71. The average molecular weight is 286 g/mol. The van der Waals surface area contributed by atoms with Gasteiger partial charge in [0, 0.05) is 28.7 Å². The van der Waals surface area contributed by atoms with Crippen molar-refractivity contribution < 1.29 is 13.4 Å². The molecule has 1 atom stereocenters. The molecule has 1 unspecified atom stereocenters. The third-order valence-corrected chi connectivity index (χ3v) is 3.97. The van der Waals surface area contributed by atoms with Crippen molar-refractivity contribution in [3.05, 3.63) is 24.0 Å². The standard InChI is InChI=1S/C13H19FN2O2S/c1-2-3-7-19(18)8-6-13(17)16-12-5-4-10(14)9-11(12)15/h4-5,9H,2-3,6-8,15H2,1H3,(H,16,17). The topological polar surface area (TPSA) is 72.2 Å². The van der Waals surface area contributed by atoms with Crippen molar-refractivity contribution in [1.82, 2.24) is 0 Å². The van der Waals surface area contributed by atoms with Gasteiger partial charge >= 0.3 is 0 Å². The number of nitrogens with two attached hydrogens (primary N) is 1. The van der Waals surface area contributed by atoms with Crippen LogP contribution in [0.15, 0.2) is 18.2 Å². The van der Waals surface area contributed by atoms with E-state index < -0.39 is 16.6 Å². The highest BCUT2D eigenvalue weighted by Gasteiger charge is 2.08. The van der Waals surface area contributed by atoms with Gasteiger partial charge in [-0.25, -0.2) is 4.39 Å². The summed E-state index contributed by atoms with van der Waals surface area (Å²) in [6.07, 6.45) is 2.07. The summed E-state index contributed by atoms with van der Waals surface area (Å²) < 4.78 is 24.4. The number of carbonyl (C=O) groups excluding carboxylic acids is 1. The van der Waals surface area contributed by atoms with Gasteiger partial charge in [0.2, 0.25) is 5.91 Å². The molecule has 1 aromatic rings. The molecule has 0 aliphatic carbocycles. The third-order valence-electron chi connectivity index (χ3n) is 2.57. The van der Waals surface area contributed by atoms with Gasteiger partial charge in [-0.1, -0.05) is 13.3 Å². The lowest BCUT2D eigenvalue weighted by Crippen LogP contribution is -2.16. The number of hydrogen-bond acceptors (Lipinski definition) is 3. The van der Waals surface area contributed by atoms with Gasteiger partial charge in [0.05, 0.1) is 11.4 Å². The molecule has 0 heterocycles. The predicted molar refractivity (Wildman–Crippen MR) is 76.8 cm³/mol. The first kappa shape index (κ1) is 15.6. The number of rotatable bonds is 7. The Morgan fingerprint density at radius 3 is 2.79 bits per heavy atom. The smallest absolute Gasteiger partial charge is 0.225 e. The zero-order chi connectivity index (χ0) is 14.3. The molecule has 0 fully saturated rings. The highest BCUT2D eigenvalue weighted by Crippen LogP contribution is 2.19. The maximum atomic E-state index is 12.8. The molecule has 0 spiro atoms. The molecule has 3 N–H and O–H groups in total. The van der Waals surface area contributed by atoms with E-state index in [0.717, 1.165) is 18.9 Å². The molecule has 0 saturated heterocycles. The minimum Gasteiger partial charge on any atom is -0.397 e. The van der Waals surface area contributed by atoms with Gasteiger partial charge in [0.1, 0.15) is 5.82 Å². The molecule has 1 amide bonds. The van der Waals surface area contributed by atoms with E-state index in [1.807, 2.05) is 6.92 Å². The van der Waals surface area contributed by atoms with Crippen molar-refractivity contribution in [2.45, 2.75) is 26.2 Å². The zero-order valence-corrected chi connectivity index (χ0v) is 11.8. The number of nitrogen functional groups attached to an aromatic ring is 1. The van der Waals surface area contributed by atoms with Crippen molar-refractivity contribution in [1.29, 1.82) is 0 Å². The Labute approximate surface area is 115 Å². The lowest BCUT2D eigenvalue weighted by Gasteiger charge is -2.08. The van der Waals surface area contributed by atoms with E-state index in [2.05, 4.69) is 5.32 Å². The monoisotopic (exact) mass is 286 g/mol. The first-order valence-electron chi connectivity index (χ1n) is 6.22. The van der Waals surface area contributed by atoms with E-state index in [0.29, 0.717) is 17.2 Å². The second kappa shape index (κ2) is 7.89. The number of anilines is 2. The highest BCUT2D eigenvalue weighted by molar-refractivity contribution is 7.84. The second-order valence-corrected chi connectivity index (χ2v) is 5.93. The fourth-order valence-corrected chi connectivity index (χ4v) is 2.70. The normalized spacial score (nSPS) is 12.1. The van der Waals surface area contributed by atoms with Crippen molar-refractivity contribution in [3.63, 3.8) is 0 Å². The van der Waals surface area contributed by atoms with Crippen molar-refractivity contribution in [2.75, 3.05) is 22.6 Å². The molecular weight excluding hydrogens is 267 g/mol. The Bertz CT molecular complexity index is 466. The van der Waals surface area contributed by atoms with Crippen LogP contribution in [0.5, 0.6) is 0 Å². The van der Waals surface area contributed by atoms with Crippen LogP contribution in [-0.2, 0) is 15.6 Å². The summed E-state index contributed by atoms with van der Waals surface area (Å²) in [6.45, 7) is 2.03. The van der Waals surface area contributed by atoms with Crippen LogP contribution in [-0.4, -0.2) is 21.6 Å². The van der Waals surface area contributed by atoms with Gasteiger partial charge in [0.25, 0.3) is 0 Å². The molecule has 0 aliphatic rings. The van der Waals surface area contributed by atoms with E-state index in [1.165, 1.54) is 12.1 Å². The van der Waals surface area contributed by atoms with E-state index in [-0.39, 0.29) is 18.0 Å². The van der Waals surface area contributed by atoms with Crippen molar-refractivity contribution >= 4 is 28.1 Å². The largest absolute Gasteiger partial charge is 0.397 e. The fraction of sp³-hybridized carbons (Fsp3) is 0.462. The Morgan fingerprint density at radius 2 is 2.16 bits per heavy atom. The lowest BCUT2D eigenvalue weighted by molar-refractivity contribution is -0.115. The van der Waals surface area contributed by atoms with Crippen LogP contribution in [0.25, 0.3) is 0 Å². The maximum Gasteiger partial charge on any atom is 0.225 e. The van der Waals surface area contributed by atoms with Gasteiger partial charge in [0.15, 0.2) is 0 Å². The Kier molecular flexibility index (Phi) is 6.49. The highest BCUT2D eigenvalue weighted by atomic mass is 32.2. The summed E-state index contributed by atoms with van der Waals surface area (Å²) in [5.41, 5.74) is 6.14. The molecule has 0 aromatic heterocycles. The Morgan fingerprint density at radius 1 is 1.42 bits per heavy atom. The molecule has 4 nitrogen and oxygen atoms in total. The van der Waals surface area contributed by atoms with Gasteiger partial charge in [-0.15, -0.1) is 0 Å². The quantitative estimate of drug-likeness (QED) is 0.755. The third kappa shape index (κ3) is 5.83. The number of amides is 1. The number of carbonyl (C=O) groups is 1. The Balaban J connectivity index is 2.41. The van der Waals surface area contributed by atoms with Gasteiger partial charge < -0.3 is 11.1 Å². The van der Waals surface area contributed by atoms with E-state index in [9.17, 15) is 13.4 Å². The van der Waals surface area contributed by atoms with Gasteiger partial charge in [-0.2, -0.15) is 0 Å². The van der Waals surface area contributed by atoms with Crippen LogP contribution < -0.4 is 11.1 Å². The number of nitrogens with one attached hydrogen (secondary N) is 1. The first-order chi connectivity index (χ1) is 9.02. The predicted octanol–water partition coefficient (Wildman–Crippen LogP) is 2.29. The van der Waals surface area contributed by atoms with Crippen LogP contribution in [0.1, 0.15) is 26.2 Å². The molecule has 1 rings (SSSR count). The molecule has 0 saturated carbocycles. The van der Waals surface area contributed by atoms with E-state index in [4.69, 9.17) is 5.73 Å². The second-order valence-electron chi connectivity index (χ2n) is 4.23. The molecule has 0 aliphatic heterocycles. The summed E-state index contributed by atoms with van der Waals surface area (Å²) >= 11 is 0. The minimum atomic E-state index is -0.960. The summed E-state index contributed by atoms with van der Waals surface area (Å²) in [5.74, 6) is 0.259. The molecule has 19 heavy (non-hydrogen) atoms. The molecule has 0 bridgehead atoms. The van der Waals surface area contributed by atoms with Crippen LogP contribution in [0.2, 0.25) is 0 Å². The summed E-state index contributed by atoms with van der Waals surface area (Å²) in [4.78, 5) is 11.6. The number of benzene rings is 1. The number of halogens is 1. The van der Waals surface area contributed by atoms with Crippen LogP contribution in [0.4, 0.5) is 15.8 Å². The van der Waals surface area contributed by atoms with Crippen molar-refractivity contribution in [2.24, 2.45) is 0 Å². The maximum absolute atomic E-state index is 12.8.